The molecule has 0 saturated heterocycles. The van der Waals surface area contributed by atoms with Gasteiger partial charge in [-0.2, -0.15) is 0 Å². The Kier molecular flexibility index (Phi) is 69.1. The molecule has 0 rings (SSSR count). The molecule has 0 aromatic carbocycles. The van der Waals surface area contributed by atoms with Crippen molar-refractivity contribution in [3.05, 3.63) is 60.8 Å². The zero-order valence-electron chi connectivity index (χ0n) is 55.7. The Morgan fingerprint density at radius 2 is 0.470 bits per heavy atom. The number of rotatable bonds is 68. The summed E-state index contributed by atoms with van der Waals surface area (Å²) in [5.74, 6) is -0.876. The van der Waals surface area contributed by atoms with Crippen LogP contribution < -0.4 is 0 Å². The van der Waals surface area contributed by atoms with Crippen LogP contribution in [0.1, 0.15) is 393 Å². The molecule has 0 saturated carbocycles. The number of esters is 3. The lowest BCUT2D eigenvalue weighted by Crippen LogP contribution is -2.30. The fourth-order valence-electron chi connectivity index (χ4n) is 11.0. The lowest BCUT2D eigenvalue weighted by Gasteiger charge is -2.18. The molecule has 0 fully saturated rings. The molecule has 0 spiro atoms. The number of hydrogen-bond donors (Lipinski definition) is 0. The maximum Gasteiger partial charge on any atom is 0.306 e. The van der Waals surface area contributed by atoms with Crippen LogP contribution in [-0.2, 0) is 28.6 Å². The molecule has 1 atom stereocenters. The fraction of sp³-hybridized carbons (Fsp3) is 0.831. The lowest BCUT2D eigenvalue weighted by molar-refractivity contribution is -0.167. The Labute approximate surface area is 517 Å². The zero-order chi connectivity index (χ0) is 59.9. The van der Waals surface area contributed by atoms with Crippen molar-refractivity contribution >= 4 is 17.9 Å². The van der Waals surface area contributed by atoms with Crippen molar-refractivity contribution in [2.24, 2.45) is 0 Å². The Morgan fingerprint density at radius 1 is 0.253 bits per heavy atom. The molecule has 0 aliphatic rings. The van der Waals surface area contributed by atoms with Crippen LogP contribution in [0, 0.1) is 0 Å². The van der Waals surface area contributed by atoms with Crippen LogP contribution in [-0.4, -0.2) is 37.2 Å². The van der Waals surface area contributed by atoms with E-state index < -0.39 is 6.10 Å². The second-order valence-corrected chi connectivity index (χ2v) is 24.8. The van der Waals surface area contributed by atoms with E-state index in [0.29, 0.717) is 19.3 Å². The highest BCUT2D eigenvalue weighted by Crippen LogP contribution is 2.19. The molecule has 0 radical (unpaired) electrons. The van der Waals surface area contributed by atoms with E-state index in [1.807, 2.05) is 0 Å². The van der Waals surface area contributed by atoms with E-state index in [4.69, 9.17) is 14.2 Å². The summed E-state index contributed by atoms with van der Waals surface area (Å²) in [5.41, 5.74) is 0. The van der Waals surface area contributed by atoms with Crippen molar-refractivity contribution in [1.29, 1.82) is 0 Å². The molecular formula is C77H140O6. The monoisotopic (exact) mass is 1160 g/mol. The average molecular weight is 1160 g/mol. The molecule has 0 aliphatic carbocycles. The molecule has 0 bridgehead atoms. The van der Waals surface area contributed by atoms with Crippen molar-refractivity contribution in [2.75, 3.05) is 13.2 Å². The van der Waals surface area contributed by atoms with E-state index in [0.717, 1.165) is 103 Å². The average Bonchev–Trinajstić information content (AvgIpc) is 3.50. The van der Waals surface area contributed by atoms with Gasteiger partial charge in [0.2, 0.25) is 0 Å². The van der Waals surface area contributed by atoms with Gasteiger partial charge in [-0.05, 0) is 83.5 Å². The topological polar surface area (TPSA) is 78.9 Å². The van der Waals surface area contributed by atoms with Crippen molar-refractivity contribution in [3.63, 3.8) is 0 Å². The van der Waals surface area contributed by atoms with Gasteiger partial charge in [-0.25, -0.2) is 0 Å². The van der Waals surface area contributed by atoms with Gasteiger partial charge in [0.05, 0.1) is 0 Å². The summed E-state index contributed by atoms with van der Waals surface area (Å²) >= 11 is 0. The van der Waals surface area contributed by atoms with Crippen molar-refractivity contribution < 1.29 is 28.6 Å². The van der Waals surface area contributed by atoms with Crippen LogP contribution >= 0.6 is 0 Å². The van der Waals surface area contributed by atoms with E-state index in [1.165, 1.54) is 250 Å². The number of unbranched alkanes of at least 4 members (excludes halogenated alkanes) is 47. The standard InChI is InChI=1S/C77H140O6/c1-4-7-10-13-16-19-22-25-28-30-32-33-34-35-36-37-38-39-40-41-42-43-45-46-49-52-55-58-61-64-67-70-76(79)82-73-74(72-81-75(78)69-66-63-60-57-54-51-48-27-24-21-18-15-12-9-6-3)83-77(80)71-68-65-62-59-56-53-50-47-44-31-29-26-23-20-17-14-11-8-5-2/h9,12,17-18,20-21,26-27,29,48,74H,4-8,10-11,13-16,19,22-25,28,30-47,49-73H2,1-3H3/b12-9-,20-17-,21-18-,29-26-,48-27-. The minimum Gasteiger partial charge on any atom is -0.462 e. The lowest BCUT2D eigenvalue weighted by atomic mass is 10.0. The molecule has 0 amide bonds. The summed E-state index contributed by atoms with van der Waals surface area (Å²) in [6, 6.07) is 0. The second kappa shape index (κ2) is 71.6. The van der Waals surface area contributed by atoms with E-state index in [2.05, 4.69) is 81.5 Å². The van der Waals surface area contributed by atoms with Gasteiger partial charge >= 0.3 is 17.9 Å². The van der Waals surface area contributed by atoms with E-state index in [9.17, 15) is 14.4 Å². The summed E-state index contributed by atoms with van der Waals surface area (Å²) in [5, 5.41) is 0. The highest BCUT2D eigenvalue weighted by molar-refractivity contribution is 5.71. The molecule has 83 heavy (non-hydrogen) atoms. The van der Waals surface area contributed by atoms with Crippen LogP contribution in [0.5, 0.6) is 0 Å². The predicted octanol–water partition coefficient (Wildman–Crippen LogP) is 25.5. The van der Waals surface area contributed by atoms with E-state index in [-0.39, 0.29) is 31.1 Å². The Bertz CT molecular complexity index is 1470. The Hall–Kier alpha value is -2.89. The summed E-state index contributed by atoms with van der Waals surface area (Å²) in [4.78, 5) is 38.5. The minimum atomic E-state index is -0.784. The normalized spacial score (nSPS) is 12.4. The van der Waals surface area contributed by atoms with Crippen molar-refractivity contribution in [1.82, 2.24) is 0 Å². The SMILES string of the molecule is CC/C=C\C/C=C\C/C=C\CCCCCCCC(=O)OCC(COC(=O)CCCCCCCCCCCCCCCCCCCCCCCCCCCCCCCCC)OC(=O)CCCCCCCCCCC/C=C\C/C=C\CCCCC. The van der Waals surface area contributed by atoms with Crippen LogP contribution in [0.15, 0.2) is 60.8 Å². The van der Waals surface area contributed by atoms with Gasteiger partial charge in [-0.1, -0.05) is 351 Å². The first-order valence-corrected chi connectivity index (χ1v) is 36.8. The molecule has 6 heteroatoms. The first-order valence-electron chi connectivity index (χ1n) is 36.8. The molecule has 6 nitrogen and oxygen atoms in total. The quantitative estimate of drug-likeness (QED) is 0.0261. The van der Waals surface area contributed by atoms with E-state index >= 15 is 0 Å². The number of carbonyl (C=O) groups excluding carboxylic acids is 3. The smallest absolute Gasteiger partial charge is 0.306 e. The minimum absolute atomic E-state index is 0.0781. The summed E-state index contributed by atoms with van der Waals surface area (Å²) in [7, 11) is 0. The highest BCUT2D eigenvalue weighted by atomic mass is 16.6. The van der Waals surface area contributed by atoms with Gasteiger partial charge in [0.25, 0.3) is 0 Å². The number of hydrogen-bond acceptors (Lipinski definition) is 6. The van der Waals surface area contributed by atoms with Crippen LogP contribution in [0.25, 0.3) is 0 Å². The molecule has 0 N–H and O–H groups in total. The molecule has 0 aromatic heterocycles. The molecule has 0 aromatic rings. The third-order valence-corrected chi connectivity index (χ3v) is 16.5. The molecule has 0 heterocycles. The van der Waals surface area contributed by atoms with Gasteiger partial charge in [-0.15, -0.1) is 0 Å². The number of ether oxygens (including phenoxy) is 3. The first kappa shape index (κ1) is 80.1. The van der Waals surface area contributed by atoms with Crippen molar-refractivity contribution in [2.45, 2.75) is 399 Å². The predicted molar refractivity (Wildman–Crippen MR) is 362 cm³/mol. The molecule has 1 unspecified atom stereocenters. The Balaban J connectivity index is 4.19. The summed E-state index contributed by atoms with van der Waals surface area (Å²) in [6.07, 6.45) is 92.7. The fourth-order valence-corrected chi connectivity index (χ4v) is 11.0. The zero-order valence-corrected chi connectivity index (χ0v) is 55.7. The largest absolute Gasteiger partial charge is 0.462 e. The van der Waals surface area contributed by atoms with Gasteiger partial charge in [0.15, 0.2) is 6.10 Å². The first-order chi connectivity index (χ1) is 41.0. The third kappa shape index (κ3) is 69.8. The highest BCUT2D eigenvalue weighted by Gasteiger charge is 2.19. The summed E-state index contributed by atoms with van der Waals surface area (Å²) < 4.78 is 17.0. The second-order valence-electron chi connectivity index (χ2n) is 24.8. The van der Waals surface area contributed by atoms with Gasteiger partial charge < -0.3 is 14.2 Å². The Morgan fingerprint density at radius 3 is 0.759 bits per heavy atom. The number of carbonyl (C=O) groups is 3. The molecule has 0 aliphatic heterocycles. The van der Waals surface area contributed by atoms with Gasteiger partial charge in [0.1, 0.15) is 13.2 Å². The van der Waals surface area contributed by atoms with Crippen molar-refractivity contribution in [3.8, 4) is 0 Å². The molecule has 484 valence electrons. The molecular weight excluding hydrogens is 1020 g/mol. The van der Waals surface area contributed by atoms with Gasteiger partial charge in [0, 0.05) is 19.3 Å². The maximum atomic E-state index is 13.0. The van der Waals surface area contributed by atoms with Crippen LogP contribution in [0.3, 0.4) is 0 Å². The maximum absolute atomic E-state index is 13.0. The van der Waals surface area contributed by atoms with Crippen LogP contribution in [0.2, 0.25) is 0 Å². The third-order valence-electron chi connectivity index (χ3n) is 16.5. The summed E-state index contributed by atoms with van der Waals surface area (Å²) in [6.45, 7) is 6.55. The van der Waals surface area contributed by atoms with E-state index in [1.54, 1.807) is 0 Å². The van der Waals surface area contributed by atoms with Gasteiger partial charge in [-0.3, -0.25) is 14.4 Å². The number of allylic oxidation sites excluding steroid dienone is 10. The van der Waals surface area contributed by atoms with Crippen LogP contribution in [0.4, 0.5) is 0 Å².